The molecule has 0 radical (unpaired) electrons. The van der Waals surface area contributed by atoms with Gasteiger partial charge in [-0.3, -0.25) is 9.69 Å². The third-order valence-electron chi connectivity index (χ3n) is 10.5. The summed E-state index contributed by atoms with van der Waals surface area (Å²) in [4.78, 5) is 19.8. The summed E-state index contributed by atoms with van der Waals surface area (Å²) in [6.45, 7) is 2.11. The highest BCUT2D eigenvalue weighted by molar-refractivity contribution is 5.94. The van der Waals surface area contributed by atoms with Crippen molar-refractivity contribution in [2.45, 2.75) is 68.3 Å². The number of benzene rings is 2. The first-order chi connectivity index (χ1) is 20.0. The van der Waals surface area contributed by atoms with Gasteiger partial charge in [-0.25, -0.2) is 0 Å². The van der Waals surface area contributed by atoms with Crippen LogP contribution in [0.5, 0.6) is 11.5 Å². The number of rotatable bonds is 4. The Morgan fingerprint density at radius 1 is 1.14 bits per heavy atom. The number of amides is 1. The molecule has 1 saturated heterocycles. The molecule has 6 nitrogen and oxygen atoms in total. The lowest BCUT2D eigenvalue weighted by Gasteiger charge is -2.60. The number of carbonyl (C=O) groups is 1. The molecule has 2 saturated carbocycles. The zero-order valence-electron chi connectivity index (χ0n) is 24.2. The molecule has 2 aromatic carbocycles. The van der Waals surface area contributed by atoms with Crippen molar-refractivity contribution in [1.82, 2.24) is 9.80 Å². The van der Waals surface area contributed by atoms with Crippen LogP contribution in [0.3, 0.4) is 0 Å². The zero-order chi connectivity index (χ0) is 29.6. The summed E-state index contributed by atoms with van der Waals surface area (Å²) in [5.41, 5.74) is 2.73. The van der Waals surface area contributed by atoms with E-state index in [1.807, 2.05) is 20.2 Å². The molecule has 7 rings (SSSR count). The molecule has 2 aromatic rings. The average molecular weight is 580 g/mol. The minimum absolute atomic E-state index is 0.147. The molecule has 0 unspecified atom stereocenters. The first kappa shape index (κ1) is 27.5. The van der Waals surface area contributed by atoms with Crippen LogP contribution in [-0.4, -0.2) is 73.2 Å². The molecule has 0 aromatic heterocycles. The summed E-state index contributed by atoms with van der Waals surface area (Å²) in [5.74, 6) is 6.89. The quantitative estimate of drug-likeness (QED) is 0.528. The van der Waals surface area contributed by atoms with Gasteiger partial charge in [-0.15, -0.1) is 0 Å². The lowest BCUT2D eigenvalue weighted by atomic mass is 9.50. The van der Waals surface area contributed by atoms with Crippen LogP contribution in [0.2, 0.25) is 0 Å². The number of ether oxygens (including phenoxy) is 1. The molecule has 2 bridgehead atoms. The van der Waals surface area contributed by atoms with E-state index in [1.165, 1.54) is 30.5 Å². The van der Waals surface area contributed by atoms with E-state index in [4.69, 9.17) is 4.74 Å². The van der Waals surface area contributed by atoms with Crippen molar-refractivity contribution in [2.24, 2.45) is 11.8 Å². The molecule has 3 fully saturated rings. The van der Waals surface area contributed by atoms with Crippen LogP contribution in [0, 0.1) is 23.7 Å². The van der Waals surface area contributed by atoms with Crippen molar-refractivity contribution in [2.75, 3.05) is 39.1 Å². The fraction of sp³-hybridized carbons (Fsp3) is 0.545. The minimum Gasteiger partial charge on any atom is -0.504 e. The number of carbonyl (C=O) groups excluding carboxylic acids is 1. The Morgan fingerprint density at radius 3 is 2.55 bits per heavy atom. The molecule has 1 spiro atoms. The Balaban J connectivity index is 1.22. The van der Waals surface area contributed by atoms with E-state index in [9.17, 15) is 23.1 Å². The molecule has 42 heavy (non-hydrogen) atoms. The number of alkyl halides is 3. The molecule has 2 aliphatic heterocycles. The van der Waals surface area contributed by atoms with E-state index in [1.54, 1.807) is 11.9 Å². The first-order valence-corrected chi connectivity index (χ1v) is 14.9. The highest BCUT2D eigenvalue weighted by Gasteiger charge is 2.67. The highest BCUT2D eigenvalue weighted by Crippen LogP contribution is 2.65. The monoisotopic (exact) mass is 579 g/mol. The van der Waals surface area contributed by atoms with Crippen LogP contribution in [0.25, 0.3) is 0 Å². The predicted octanol–water partition coefficient (Wildman–Crippen LogP) is 4.80. The van der Waals surface area contributed by atoms with E-state index in [-0.39, 0.29) is 23.3 Å². The lowest BCUT2D eigenvalue weighted by molar-refractivity contribution is -0.137. The molecule has 9 heteroatoms. The number of halogens is 3. The van der Waals surface area contributed by atoms with Gasteiger partial charge in [0.05, 0.1) is 11.6 Å². The van der Waals surface area contributed by atoms with E-state index in [2.05, 4.69) is 21.6 Å². The summed E-state index contributed by atoms with van der Waals surface area (Å²) in [6, 6.07) is 6.50. The Morgan fingerprint density at radius 2 is 1.88 bits per heavy atom. The molecule has 1 N–H and O–H groups in total. The van der Waals surface area contributed by atoms with Gasteiger partial charge in [-0.05, 0) is 86.7 Å². The number of anilines is 1. The SMILES string of the molecule is CN(C)c1cc(O)c2c3c1C[C@@H]1[C@@H]4CC[C@H](N(C)C(=O)C#Cc5ccc(C(F)(F)F)cc5)[C@H](O2)[C@]34CCN1CC1CC1. The van der Waals surface area contributed by atoms with Crippen molar-refractivity contribution in [3.8, 4) is 23.3 Å². The van der Waals surface area contributed by atoms with Gasteiger partial charge in [0.1, 0.15) is 6.10 Å². The summed E-state index contributed by atoms with van der Waals surface area (Å²) in [6.07, 6.45) is 1.45. The topological polar surface area (TPSA) is 56.3 Å². The lowest BCUT2D eigenvalue weighted by Crippen LogP contribution is -2.69. The molecule has 3 aliphatic carbocycles. The van der Waals surface area contributed by atoms with Gasteiger partial charge in [0, 0.05) is 67.9 Å². The number of piperidine rings is 1. The van der Waals surface area contributed by atoms with Gasteiger partial charge >= 0.3 is 6.18 Å². The number of phenolic OH excluding ortho intramolecular Hbond substituents is 1. The number of nitrogens with zero attached hydrogens (tertiary/aromatic N) is 3. The standard InChI is InChI=1S/C33H36F3N3O3/c1-37(2)25-17-27(40)30-29-22(25)16-26-23-11-12-24(31(42-30)32(23,29)14-15-39(26)18-20-4-5-20)38(3)28(41)13-8-19-6-9-21(10-7-19)33(34,35)36/h6-7,9-10,17,20,23-24,26,31,40H,4-5,11-12,14-16,18H2,1-3H3/t23-,24-,26+,31-,32-/m0/s1. The third kappa shape index (κ3) is 4.16. The van der Waals surface area contributed by atoms with Gasteiger partial charge in [0.2, 0.25) is 0 Å². The molecule has 5 aliphatic rings. The van der Waals surface area contributed by atoms with Crippen molar-refractivity contribution >= 4 is 11.6 Å². The molecular weight excluding hydrogens is 543 g/mol. The van der Waals surface area contributed by atoms with E-state index in [0.29, 0.717) is 23.3 Å². The van der Waals surface area contributed by atoms with Crippen molar-refractivity contribution in [1.29, 1.82) is 0 Å². The van der Waals surface area contributed by atoms with Crippen molar-refractivity contribution in [3.63, 3.8) is 0 Å². The Hall–Kier alpha value is -3.38. The maximum atomic E-state index is 13.4. The number of aromatic hydroxyl groups is 1. The fourth-order valence-corrected chi connectivity index (χ4v) is 8.42. The predicted molar refractivity (Wildman–Crippen MR) is 153 cm³/mol. The number of likely N-dealkylation sites (N-methyl/N-ethyl adjacent to an activating group) is 1. The zero-order valence-corrected chi connectivity index (χ0v) is 24.2. The number of hydrogen-bond donors (Lipinski definition) is 1. The van der Waals surface area contributed by atoms with Gasteiger partial charge < -0.3 is 19.6 Å². The van der Waals surface area contributed by atoms with Crippen LogP contribution in [-0.2, 0) is 22.8 Å². The number of phenols is 1. The molecule has 1 amide bonds. The fourth-order valence-electron chi connectivity index (χ4n) is 8.42. The second-order valence-corrected chi connectivity index (χ2v) is 13.0. The summed E-state index contributed by atoms with van der Waals surface area (Å²) < 4.78 is 45.5. The summed E-state index contributed by atoms with van der Waals surface area (Å²) in [5, 5.41) is 11.2. The van der Waals surface area contributed by atoms with Crippen LogP contribution in [0.1, 0.15) is 54.4 Å². The van der Waals surface area contributed by atoms with Gasteiger partial charge in [-0.2, -0.15) is 13.2 Å². The molecule has 222 valence electrons. The van der Waals surface area contributed by atoms with Gasteiger partial charge in [-0.1, -0.05) is 5.92 Å². The third-order valence-corrected chi connectivity index (χ3v) is 10.5. The largest absolute Gasteiger partial charge is 0.504 e. The molecule has 5 atom stereocenters. The van der Waals surface area contributed by atoms with Crippen LogP contribution < -0.4 is 9.64 Å². The maximum Gasteiger partial charge on any atom is 0.416 e. The first-order valence-electron chi connectivity index (χ1n) is 14.9. The Kier molecular flexibility index (Phi) is 6.25. The van der Waals surface area contributed by atoms with Crippen LogP contribution in [0.15, 0.2) is 30.3 Å². The molecule has 2 heterocycles. The summed E-state index contributed by atoms with van der Waals surface area (Å²) in [7, 11) is 5.77. The van der Waals surface area contributed by atoms with Gasteiger partial charge in [0.15, 0.2) is 11.5 Å². The van der Waals surface area contributed by atoms with Gasteiger partial charge in [0.25, 0.3) is 5.91 Å². The normalized spacial score (nSPS) is 29.2. The van der Waals surface area contributed by atoms with Crippen molar-refractivity contribution < 1.29 is 27.8 Å². The van der Waals surface area contributed by atoms with E-state index in [0.717, 1.165) is 68.1 Å². The second kappa shape index (κ2) is 9.57. The number of likely N-dealkylation sites (tertiary alicyclic amines) is 1. The smallest absolute Gasteiger partial charge is 0.416 e. The Bertz CT molecular complexity index is 1490. The average Bonchev–Trinajstić information content (AvgIpc) is 3.71. The molecular formula is C33H36F3N3O3. The Labute approximate surface area is 244 Å². The number of hydrogen-bond acceptors (Lipinski definition) is 5. The minimum atomic E-state index is -4.42. The van der Waals surface area contributed by atoms with E-state index >= 15 is 0 Å². The van der Waals surface area contributed by atoms with E-state index < -0.39 is 17.6 Å². The summed E-state index contributed by atoms with van der Waals surface area (Å²) >= 11 is 0. The van der Waals surface area contributed by atoms with Crippen molar-refractivity contribution in [3.05, 3.63) is 52.6 Å². The van der Waals surface area contributed by atoms with Crippen LogP contribution in [0.4, 0.5) is 18.9 Å². The highest BCUT2D eigenvalue weighted by atomic mass is 19.4. The maximum absolute atomic E-state index is 13.4. The second-order valence-electron chi connectivity index (χ2n) is 13.0. The van der Waals surface area contributed by atoms with Crippen LogP contribution >= 0.6 is 0 Å².